The summed E-state index contributed by atoms with van der Waals surface area (Å²) in [6, 6.07) is 10.9. The maximum absolute atomic E-state index is 5.36. The SMILES string of the molecule is CCNC(=NCc1cc(C(C)C)no1)NC(C)c1ccc(CC)cc1.I. The lowest BCUT2D eigenvalue weighted by Gasteiger charge is -2.18. The number of guanidine groups is 1. The Balaban J connectivity index is 0.00000338. The highest BCUT2D eigenvalue weighted by atomic mass is 127. The Morgan fingerprint density at radius 2 is 1.85 bits per heavy atom. The van der Waals surface area contributed by atoms with Gasteiger partial charge in [-0.15, -0.1) is 24.0 Å². The van der Waals surface area contributed by atoms with E-state index in [4.69, 9.17) is 4.52 Å². The molecule has 2 rings (SSSR count). The van der Waals surface area contributed by atoms with Crippen LogP contribution in [0.5, 0.6) is 0 Å². The summed E-state index contributed by atoms with van der Waals surface area (Å²) in [6.07, 6.45) is 1.06. The van der Waals surface area contributed by atoms with E-state index >= 15 is 0 Å². The normalized spacial score (nSPS) is 12.6. The number of aryl methyl sites for hydroxylation is 1. The van der Waals surface area contributed by atoms with Crippen molar-refractivity contribution >= 4 is 29.9 Å². The Labute approximate surface area is 174 Å². The van der Waals surface area contributed by atoms with Crippen LogP contribution in [0.15, 0.2) is 39.8 Å². The second-order valence-corrected chi connectivity index (χ2v) is 6.53. The van der Waals surface area contributed by atoms with Gasteiger partial charge >= 0.3 is 0 Å². The molecule has 1 heterocycles. The molecule has 1 atom stereocenters. The Bertz CT molecular complexity index is 679. The zero-order valence-corrected chi connectivity index (χ0v) is 18.7. The molecule has 0 aliphatic carbocycles. The minimum absolute atomic E-state index is 0. The first kappa shape index (κ1) is 22.5. The molecule has 0 aliphatic heterocycles. The predicted octanol–water partition coefficient (Wildman–Crippen LogP) is 4.79. The van der Waals surface area contributed by atoms with Gasteiger partial charge in [-0.2, -0.15) is 0 Å². The summed E-state index contributed by atoms with van der Waals surface area (Å²) >= 11 is 0. The molecular formula is C20H31IN4O. The molecule has 0 bridgehead atoms. The molecule has 5 nitrogen and oxygen atoms in total. The number of rotatable bonds is 7. The first-order valence-electron chi connectivity index (χ1n) is 9.12. The third-order valence-corrected chi connectivity index (χ3v) is 4.15. The van der Waals surface area contributed by atoms with E-state index in [0.717, 1.165) is 30.4 Å². The van der Waals surface area contributed by atoms with Crippen LogP contribution in [0.2, 0.25) is 0 Å². The van der Waals surface area contributed by atoms with Gasteiger partial charge in [-0.25, -0.2) is 4.99 Å². The molecule has 0 saturated carbocycles. The van der Waals surface area contributed by atoms with Crippen LogP contribution in [0.25, 0.3) is 0 Å². The van der Waals surface area contributed by atoms with Crippen molar-refractivity contribution in [2.45, 2.75) is 59.5 Å². The third-order valence-electron chi connectivity index (χ3n) is 4.15. The largest absolute Gasteiger partial charge is 0.359 e. The highest BCUT2D eigenvalue weighted by Crippen LogP contribution is 2.15. The molecule has 0 fully saturated rings. The van der Waals surface area contributed by atoms with Crippen molar-refractivity contribution in [2.75, 3.05) is 6.54 Å². The molecule has 0 radical (unpaired) electrons. The molecule has 0 spiro atoms. The second kappa shape index (κ2) is 11.2. The number of nitrogens with one attached hydrogen (secondary N) is 2. The Morgan fingerprint density at radius 3 is 2.38 bits per heavy atom. The fourth-order valence-electron chi connectivity index (χ4n) is 2.48. The van der Waals surface area contributed by atoms with Gasteiger partial charge in [0.2, 0.25) is 0 Å². The van der Waals surface area contributed by atoms with Crippen molar-refractivity contribution < 1.29 is 4.52 Å². The number of benzene rings is 1. The van der Waals surface area contributed by atoms with Crippen LogP contribution in [0.1, 0.15) is 69.2 Å². The van der Waals surface area contributed by atoms with Gasteiger partial charge in [0.1, 0.15) is 6.54 Å². The Morgan fingerprint density at radius 1 is 1.15 bits per heavy atom. The minimum Gasteiger partial charge on any atom is -0.359 e. The van der Waals surface area contributed by atoms with Gasteiger partial charge < -0.3 is 15.2 Å². The van der Waals surface area contributed by atoms with E-state index < -0.39 is 0 Å². The second-order valence-electron chi connectivity index (χ2n) is 6.53. The molecule has 26 heavy (non-hydrogen) atoms. The number of halogens is 1. The zero-order valence-electron chi connectivity index (χ0n) is 16.4. The van der Waals surface area contributed by atoms with E-state index in [9.17, 15) is 0 Å². The summed E-state index contributed by atoms with van der Waals surface area (Å²) < 4.78 is 5.36. The van der Waals surface area contributed by atoms with Crippen LogP contribution in [0, 0.1) is 0 Å². The number of hydrogen-bond donors (Lipinski definition) is 2. The molecule has 1 unspecified atom stereocenters. The van der Waals surface area contributed by atoms with Crippen molar-refractivity contribution in [1.29, 1.82) is 0 Å². The van der Waals surface area contributed by atoms with Crippen molar-refractivity contribution in [3.8, 4) is 0 Å². The smallest absolute Gasteiger partial charge is 0.192 e. The van der Waals surface area contributed by atoms with Crippen molar-refractivity contribution in [2.24, 2.45) is 4.99 Å². The summed E-state index contributed by atoms with van der Waals surface area (Å²) in [5.41, 5.74) is 3.56. The van der Waals surface area contributed by atoms with Gasteiger partial charge in [-0.3, -0.25) is 0 Å². The molecular weight excluding hydrogens is 439 g/mol. The lowest BCUT2D eigenvalue weighted by atomic mass is 10.1. The van der Waals surface area contributed by atoms with Gasteiger partial charge in [-0.05, 0) is 37.3 Å². The van der Waals surface area contributed by atoms with E-state index in [1.807, 2.05) is 6.07 Å². The average molecular weight is 470 g/mol. The molecule has 0 amide bonds. The van der Waals surface area contributed by atoms with Crippen LogP contribution in [0.4, 0.5) is 0 Å². The lowest BCUT2D eigenvalue weighted by Crippen LogP contribution is -2.38. The monoisotopic (exact) mass is 470 g/mol. The predicted molar refractivity (Wildman–Crippen MR) is 118 cm³/mol. The van der Waals surface area contributed by atoms with Crippen molar-refractivity contribution in [1.82, 2.24) is 15.8 Å². The van der Waals surface area contributed by atoms with E-state index in [2.05, 4.69) is 79.7 Å². The number of aliphatic imine (C=N–C) groups is 1. The van der Waals surface area contributed by atoms with Crippen molar-refractivity contribution in [3.05, 3.63) is 52.9 Å². The molecule has 144 valence electrons. The summed E-state index contributed by atoms with van der Waals surface area (Å²) in [7, 11) is 0. The summed E-state index contributed by atoms with van der Waals surface area (Å²) in [5, 5.41) is 10.8. The van der Waals surface area contributed by atoms with Gasteiger partial charge in [0.25, 0.3) is 0 Å². The number of aromatic nitrogens is 1. The van der Waals surface area contributed by atoms with Gasteiger partial charge in [0.15, 0.2) is 11.7 Å². The Kier molecular flexibility index (Phi) is 9.69. The highest BCUT2D eigenvalue weighted by Gasteiger charge is 2.10. The fourth-order valence-corrected chi connectivity index (χ4v) is 2.48. The van der Waals surface area contributed by atoms with Crippen LogP contribution in [-0.4, -0.2) is 17.7 Å². The molecule has 1 aromatic carbocycles. The quantitative estimate of drug-likeness (QED) is 0.347. The lowest BCUT2D eigenvalue weighted by molar-refractivity contribution is 0.376. The maximum Gasteiger partial charge on any atom is 0.192 e. The fraction of sp³-hybridized carbons (Fsp3) is 0.500. The molecule has 2 N–H and O–H groups in total. The average Bonchev–Trinajstić information content (AvgIpc) is 3.09. The van der Waals surface area contributed by atoms with Crippen molar-refractivity contribution in [3.63, 3.8) is 0 Å². The van der Waals surface area contributed by atoms with Crippen LogP contribution in [-0.2, 0) is 13.0 Å². The van der Waals surface area contributed by atoms with E-state index in [-0.39, 0.29) is 30.0 Å². The molecule has 1 aromatic heterocycles. The standard InChI is InChI=1S/C20H30N4O.HI/c1-6-16-8-10-17(11-9-16)15(5)23-20(21-7-2)22-13-18-12-19(14(3)4)24-25-18;/h8-12,14-15H,6-7,13H2,1-5H3,(H2,21,22,23);1H. The first-order chi connectivity index (χ1) is 12.0. The summed E-state index contributed by atoms with van der Waals surface area (Å²) in [6.45, 7) is 11.8. The van der Waals surface area contributed by atoms with Gasteiger partial charge in [-0.1, -0.05) is 50.2 Å². The van der Waals surface area contributed by atoms with E-state index in [1.165, 1.54) is 11.1 Å². The summed E-state index contributed by atoms with van der Waals surface area (Å²) in [5.74, 6) is 1.91. The van der Waals surface area contributed by atoms with E-state index in [1.54, 1.807) is 0 Å². The van der Waals surface area contributed by atoms with Gasteiger partial charge in [0.05, 0.1) is 11.7 Å². The molecule has 0 aliphatic rings. The van der Waals surface area contributed by atoms with Crippen LogP contribution in [0.3, 0.4) is 0 Å². The number of nitrogens with zero attached hydrogens (tertiary/aromatic N) is 2. The Hall–Kier alpha value is -1.57. The van der Waals surface area contributed by atoms with Gasteiger partial charge in [0, 0.05) is 12.6 Å². The topological polar surface area (TPSA) is 62.5 Å². The van der Waals surface area contributed by atoms with Crippen LogP contribution < -0.4 is 10.6 Å². The first-order valence-corrected chi connectivity index (χ1v) is 9.12. The molecule has 6 heteroatoms. The molecule has 2 aromatic rings. The number of hydrogen-bond acceptors (Lipinski definition) is 3. The van der Waals surface area contributed by atoms with E-state index in [0.29, 0.717) is 12.5 Å². The minimum atomic E-state index is 0. The maximum atomic E-state index is 5.36. The van der Waals surface area contributed by atoms with Crippen LogP contribution >= 0.6 is 24.0 Å². The third kappa shape index (κ3) is 6.63. The zero-order chi connectivity index (χ0) is 18.2. The highest BCUT2D eigenvalue weighted by molar-refractivity contribution is 14.0. The summed E-state index contributed by atoms with van der Waals surface area (Å²) in [4.78, 5) is 4.62. The molecule has 0 saturated heterocycles.